The molecule has 2 heterocycles. The quantitative estimate of drug-likeness (QED) is 0.151. The zero-order valence-corrected chi connectivity index (χ0v) is 29.3. The maximum atomic E-state index is 14.5. The summed E-state index contributed by atoms with van der Waals surface area (Å²) >= 11 is 0. The van der Waals surface area contributed by atoms with Gasteiger partial charge in [0.1, 0.15) is 19.2 Å². The molecule has 1 fully saturated rings. The van der Waals surface area contributed by atoms with E-state index >= 15 is 0 Å². The Kier molecular flexibility index (Phi) is 8.90. The molecule has 2 aromatic heterocycles. The molecule has 9 nitrogen and oxygen atoms in total. The van der Waals surface area contributed by atoms with Crippen molar-refractivity contribution in [3.8, 4) is 11.5 Å². The Balaban J connectivity index is 1.62. The average Bonchev–Trinajstić information content (AvgIpc) is 3.27. The van der Waals surface area contributed by atoms with Gasteiger partial charge in [-0.1, -0.05) is 46.2 Å². The smallest absolute Gasteiger partial charge is 0.411 e. The van der Waals surface area contributed by atoms with Crippen LogP contribution in [0.5, 0.6) is 0 Å². The second-order valence-corrected chi connectivity index (χ2v) is 26.6. The number of carbonyl (C=O) groups is 1. The van der Waals surface area contributed by atoms with Gasteiger partial charge in [-0.05, 0) is 54.8 Å². The summed E-state index contributed by atoms with van der Waals surface area (Å²) in [6.07, 6.45) is -1.20. The van der Waals surface area contributed by atoms with E-state index in [9.17, 15) is 18.7 Å². The number of carboxylic acid groups (broad SMARTS) is 1. The molecule has 0 radical (unpaired) electrons. The number of hydrogen-bond acceptors (Lipinski definition) is 5. The van der Waals surface area contributed by atoms with Crippen LogP contribution in [0.15, 0.2) is 12.1 Å². The van der Waals surface area contributed by atoms with Gasteiger partial charge < -0.3 is 14.6 Å². The van der Waals surface area contributed by atoms with E-state index in [0.29, 0.717) is 42.9 Å². The summed E-state index contributed by atoms with van der Waals surface area (Å²) in [7, 11) is -1.29. The van der Waals surface area contributed by atoms with Crippen LogP contribution in [0.3, 0.4) is 0 Å². The molecule has 0 unspecified atom stereocenters. The second-order valence-electron chi connectivity index (χ2n) is 15.3. The molecule has 242 valence electrons. The van der Waals surface area contributed by atoms with Crippen LogP contribution in [-0.2, 0) is 35.8 Å². The molecule has 2 atom stereocenters. The number of halogens is 2. The third-order valence-electron chi connectivity index (χ3n) is 9.14. The first-order chi connectivity index (χ1) is 20.5. The van der Waals surface area contributed by atoms with Gasteiger partial charge in [-0.3, -0.25) is 9.47 Å². The van der Waals surface area contributed by atoms with Crippen molar-refractivity contribution in [2.24, 2.45) is 11.3 Å². The van der Waals surface area contributed by atoms with Crippen molar-refractivity contribution in [3.05, 3.63) is 29.0 Å². The highest BCUT2D eigenvalue weighted by Crippen LogP contribution is 2.60. The molecule has 1 saturated carbocycles. The van der Waals surface area contributed by atoms with Crippen LogP contribution in [0, 0.1) is 11.3 Å². The van der Waals surface area contributed by atoms with Crippen LogP contribution in [-0.4, -0.2) is 66.9 Å². The van der Waals surface area contributed by atoms with Crippen LogP contribution >= 0.6 is 0 Å². The van der Waals surface area contributed by atoms with Crippen molar-refractivity contribution in [2.75, 3.05) is 25.2 Å². The predicted molar refractivity (Wildman–Crippen MR) is 174 cm³/mol. The predicted octanol–water partition coefficient (Wildman–Crippen LogP) is 7.70. The van der Waals surface area contributed by atoms with Gasteiger partial charge in [-0.25, -0.2) is 23.2 Å². The van der Waals surface area contributed by atoms with Gasteiger partial charge in [0.2, 0.25) is 0 Å². The molecule has 1 aromatic carbocycles. The number of amides is 1. The molecule has 5 rings (SSSR count). The molecule has 1 N–H and O–H groups in total. The van der Waals surface area contributed by atoms with Crippen molar-refractivity contribution in [2.45, 2.75) is 97.4 Å². The summed E-state index contributed by atoms with van der Waals surface area (Å²) in [5, 5.41) is 14.7. The summed E-state index contributed by atoms with van der Waals surface area (Å²) in [5.74, 6) is 1.02. The first-order valence-electron chi connectivity index (χ1n) is 15.5. The van der Waals surface area contributed by atoms with Gasteiger partial charge in [0.15, 0.2) is 5.82 Å². The first-order valence-corrected chi connectivity index (χ1v) is 22.9. The van der Waals surface area contributed by atoms with E-state index in [-0.39, 0.29) is 28.9 Å². The SMILES string of the molecule is CN(C(=O)O)c1cc(C(F)F)c2nc(-c3nn(COCC[Si](C)(C)C)c4c3C[C@@H]3C[C@]3(C)C4)n(COCC[Si](C)(C)C)c2c1. The lowest BCUT2D eigenvalue weighted by atomic mass is 9.87. The molecular weight excluding hydrogens is 601 g/mol. The lowest BCUT2D eigenvalue weighted by Crippen LogP contribution is -2.24. The molecule has 0 aliphatic heterocycles. The minimum absolute atomic E-state index is 0.0920. The number of rotatable bonds is 13. The molecule has 3 aromatic rings. The normalized spacial score (nSPS) is 19.8. The lowest BCUT2D eigenvalue weighted by molar-refractivity contribution is 0.0756. The van der Waals surface area contributed by atoms with Crippen molar-refractivity contribution in [1.29, 1.82) is 0 Å². The highest BCUT2D eigenvalue weighted by molar-refractivity contribution is 6.76. The fraction of sp³-hybridized carbons (Fsp3) is 0.645. The molecule has 0 spiro atoms. The Bertz CT molecular complexity index is 1540. The Morgan fingerprint density at radius 1 is 1.11 bits per heavy atom. The minimum atomic E-state index is -2.85. The maximum Gasteiger partial charge on any atom is 0.411 e. The van der Waals surface area contributed by atoms with E-state index in [4.69, 9.17) is 19.6 Å². The third-order valence-corrected chi connectivity index (χ3v) is 12.6. The highest BCUT2D eigenvalue weighted by atomic mass is 28.3. The second kappa shape index (κ2) is 12.0. The van der Waals surface area contributed by atoms with Gasteiger partial charge in [-0.2, -0.15) is 5.10 Å². The summed E-state index contributed by atoms with van der Waals surface area (Å²) in [5.41, 5.74) is 3.50. The Morgan fingerprint density at radius 3 is 2.34 bits per heavy atom. The fourth-order valence-electron chi connectivity index (χ4n) is 5.98. The minimum Gasteiger partial charge on any atom is -0.465 e. The fourth-order valence-corrected chi connectivity index (χ4v) is 7.49. The van der Waals surface area contributed by atoms with Crippen molar-refractivity contribution < 1.29 is 28.2 Å². The monoisotopic (exact) mass is 647 g/mol. The third kappa shape index (κ3) is 6.95. The Morgan fingerprint density at radius 2 is 1.75 bits per heavy atom. The molecule has 2 aliphatic carbocycles. The standard InChI is InChI=1S/C31H47F2N5O4Si2/c1-31-16-20(31)13-22-25(17-31)38(19-42-10-12-44(6,7)8)35-27(22)29-34-26-23(28(32)33)14-21(36(2)30(39)40)15-24(26)37(29)18-41-9-11-43(3,4)5/h14-15,20,28H,9-13,16-19H2,1-8H3,(H,39,40)/t20-,31-/m1/s1. The molecule has 0 saturated heterocycles. The van der Waals surface area contributed by atoms with E-state index < -0.39 is 28.7 Å². The lowest BCUT2D eigenvalue weighted by Gasteiger charge is -2.21. The number of imidazole rings is 1. The number of hydrogen-bond donors (Lipinski definition) is 1. The van der Waals surface area contributed by atoms with Gasteiger partial charge >= 0.3 is 6.09 Å². The molecular formula is C31H47F2N5O4Si2. The number of ether oxygens (including phenoxy) is 2. The van der Waals surface area contributed by atoms with Gasteiger partial charge in [0, 0.05) is 58.9 Å². The number of fused-ring (bicyclic) bond motifs is 3. The summed E-state index contributed by atoms with van der Waals surface area (Å²) in [4.78, 5) is 17.6. The van der Waals surface area contributed by atoms with Crippen LogP contribution in [0.1, 0.15) is 36.6 Å². The number of aromatic nitrogens is 4. The largest absolute Gasteiger partial charge is 0.465 e. The maximum absolute atomic E-state index is 14.5. The zero-order chi connectivity index (χ0) is 32.2. The van der Waals surface area contributed by atoms with Gasteiger partial charge in [0.25, 0.3) is 6.43 Å². The average molecular weight is 648 g/mol. The van der Waals surface area contributed by atoms with E-state index in [2.05, 4.69) is 46.2 Å². The van der Waals surface area contributed by atoms with Crippen molar-refractivity contribution in [1.82, 2.24) is 19.3 Å². The summed E-state index contributed by atoms with van der Waals surface area (Å²) in [6.45, 7) is 17.7. The Labute approximate surface area is 260 Å². The van der Waals surface area contributed by atoms with Gasteiger partial charge in [-0.15, -0.1) is 0 Å². The zero-order valence-electron chi connectivity index (χ0n) is 27.3. The van der Waals surface area contributed by atoms with Crippen molar-refractivity contribution >= 4 is 39.0 Å². The van der Waals surface area contributed by atoms with Crippen molar-refractivity contribution in [3.63, 3.8) is 0 Å². The number of nitrogens with zero attached hydrogens (tertiary/aromatic N) is 5. The topological polar surface area (TPSA) is 94.6 Å². The van der Waals surface area contributed by atoms with Gasteiger partial charge in [0.05, 0.1) is 11.0 Å². The van der Waals surface area contributed by atoms with Crippen LogP contribution in [0.25, 0.3) is 22.6 Å². The van der Waals surface area contributed by atoms with E-state index in [0.717, 1.165) is 47.5 Å². The molecule has 0 bridgehead atoms. The van der Waals surface area contributed by atoms with Crippen LogP contribution < -0.4 is 4.90 Å². The molecule has 1 amide bonds. The van der Waals surface area contributed by atoms with Crippen LogP contribution in [0.4, 0.5) is 19.3 Å². The number of alkyl halides is 2. The number of anilines is 1. The summed E-state index contributed by atoms with van der Waals surface area (Å²) in [6, 6.07) is 4.82. The molecule has 44 heavy (non-hydrogen) atoms. The molecule has 13 heteroatoms. The van der Waals surface area contributed by atoms with Crippen LogP contribution in [0.2, 0.25) is 51.4 Å². The van der Waals surface area contributed by atoms with E-state index in [1.165, 1.54) is 13.1 Å². The number of benzene rings is 1. The Hall–Kier alpha value is -2.62. The van der Waals surface area contributed by atoms with E-state index in [1.54, 1.807) is 10.6 Å². The summed E-state index contributed by atoms with van der Waals surface area (Å²) < 4.78 is 45.0. The molecule has 2 aliphatic rings. The first kappa shape index (κ1) is 32.8. The highest BCUT2D eigenvalue weighted by Gasteiger charge is 2.54. The van der Waals surface area contributed by atoms with E-state index in [1.807, 2.05) is 4.68 Å².